The van der Waals surface area contributed by atoms with Gasteiger partial charge in [0.25, 0.3) is 0 Å². The van der Waals surface area contributed by atoms with Crippen LogP contribution in [-0.2, 0) is 13.1 Å². The number of hydrogen-bond acceptors (Lipinski definition) is 3. The summed E-state index contributed by atoms with van der Waals surface area (Å²) in [6.45, 7) is 3.76. The van der Waals surface area contributed by atoms with E-state index in [2.05, 4.69) is 51.6 Å². The van der Waals surface area contributed by atoms with Crippen molar-refractivity contribution in [1.82, 2.24) is 15.1 Å². The number of nitrogens with one attached hydrogen (secondary N) is 1. The van der Waals surface area contributed by atoms with Crippen molar-refractivity contribution in [2.24, 2.45) is 0 Å². The van der Waals surface area contributed by atoms with Gasteiger partial charge in [-0.25, -0.2) is 0 Å². The van der Waals surface area contributed by atoms with Gasteiger partial charge < -0.3 is 10.1 Å². The Hall–Kier alpha value is -1.33. The summed E-state index contributed by atoms with van der Waals surface area (Å²) >= 11 is 3.52. The summed E-state index contributed by atoms with van der Waals surface area (Å²) < 4.78 is 8.24. The highest BCUT2D eigenvalue weighted by Gasteiger charge is 2.20. The van der Waals surface area contributed by atoms with Gasteiger partial charge in [-0.05, 0) is 53.4 Å². The Balaban J connectivity index is 1.69. The first kappa shape index (κ1) is 14.6. The van der Waals surface area contributed by atoms with E-state index in [-0.39, 0.29) is 0 Å². The average molecular weight is 350 g/mol. The first-order valence-electron chi connectivity index (χ1n) is 7.24. The molecule has 0 bridgehead atoms. The number of benzene rings is 1. The monoisotopic (exact) mass is 349 g/mol. The molecular formula is C16H20BrN3O. The molecule has 1 heterocycles. The number of halogens is 1. The zero-order valence-electron chi connectivity index (χ0n) is 12.4. The van der Waals surface area contributed by atoms with E-state index in [0.29, 0.717) is 0 Å². The van der Waals surface area contributed by atoms with Gasteiger partial charge in [0.05, 0.1) is 23.8 Å². The summed E-state index contributed by atoms with van der Waals surface area (Å²) in [5.74, 6) is 0.852. The molecule has 0 saturated heterocycles. The molecular weight excluding hydrogens is 330 g/mol. The Kier molecular flexibility index (Phi) is 4.31. The maximum Gasteiger partial charge on any atom is 0.133 e. The molecule has 5 heteroatoms. The van der Waals surface area contributed by atoms with Gasteiger partial charge in [0.15, 0.2) is 0 Å². The molecule has 21 heavy (non-hydrogen) atoms. The fraction of sp³-hybridized carbons (Fsp3) is 0.438. The lowest BCUT2D eigenvalue weighted by Gasteiger charge is -2.06. The van der Waals surface area contributed by atoms with Gasteiger partial charge in [-0.1, -0.05) is 6.07 Å². The Morgan fingerprint density at radius 1 is 1.43 bits per heavy atom. The molecule has 1 fully saturated rings. The number of ether oxygens (including phenoxy) is 1. The van der Waals surface area contributed by atoms with E-state index >= 15 is 0 Å². The fourth-order valence-electron chi connectivity index (χ4n) is 2.35. The predicted molar refractivity (Wildman–Crippen MR) is 86.6 cm³/mol. The average Bonchev–Trinajstić information content (AvgIpc) is 3.21. The highest BCUT2D eigenvalue weighted by Crippen LogP contribution is 2.26. The largest absolute Gasteiger partial charge is 0.496 e. The SMILES string of the molecule is COc1ccc(Cn2cc(CNC3CC3)c(C)n2)cc1Br. The molecule has 1 aliphatic rings. The molecule has 0 atom stereocenters. The zero-order valence-corrected chi connectivity index (χ0v) is 14.0. The van der Waals surface area contributed by atoms with Crippen molar-refractivity contribution < 1.29 is 4.74 Å². The Labute approximate surface area is 133 Å². The molecule has 1 aromatic carbocycles. The van der Waals surface area contributed by atoms with E-state index in [9.17, 15) is 0 Å². The van der Waals surface area contributed by atoms with Crippen LogP contribution in [0.5, 0.6) is 5.75 Å². The highest BCUT2D eigenvalue weighted by molar-refractivity contribution is 9.10. The smallest absolute Gasteiger partial charge is 0.133 e. The standard InChI is InChI=1S/C16H20BrN3O/c1-11-13(8-18-14-4-5-14)10-20(19-11)9-12-3-6-16(21-2)15(17)7-12/h3,6-7,10,14,18H,4-5,8-9H2,1-2H3. The summed E-state index contributed by atoms with van der Waals surface area (Å²) in [7, 11) is 1.68. The highest BCUT2D eigenvalue weighted by atomic mass is 79.9. The van der Waals surface area contributed by atoms with Crippen molar-refractivity contribution in [2.45, 2.75) is 38.9 Å². The molecule has 1 N–H and O–H groups in total. The lowest BCUT2D eigenvalue weighted by molar-refractivity contribution is 0.412. The first-order valence-corrected chi connectivity index (χ1v) is 8.03. The molecule has 112 valence electrons. The van der Waals surface area contributed by atoms with Crippen LogP contribution in [0.25, 0.3) is 0 Å². The van der Waals surface area contributed by atoms with Crippen molar-refractivity contribution in [1.29, 1.82) is 0 Å². The van der Waals surface area contributed by atoms with E-state index in [0.717, 1.165) is 35.0 Å². The quantitative estimate of drug-likeness (QED) is 0.869. The zero-order chi connectivity index (χ0) is 14.8. The van der Waals surface area contributed by atoms with Crippen LogP contribution in [0, 0.1) is 6.92 Å². The minimum atomic E-state index is 0.727. The normalized spacial score (nSPS) is 14.4. The molecule has 2 aromatic rings. The number of aryl methyl sites for hydroxylation is 1. The van der Waals surface area contributed by atoms with Gasteiger partial charge >= 0.3 is 0 Å². The molecule has 0 unspecified atom stereocenters. The van der Waals surface area contributed by atoms with E-state index < -0.39 is 0 Å². The minimum absolute atomic E-state index is 0.727. The number of rotatable bonds is 6. The van der Waals surface area contributed by atoms with Crippen LogP contribution in [0.2, 0.25) is 0 Å². The molecule has 3 rings (SSSR count). The molecule has 4 nitrogen and oxygen atoms in total. The van der Waals surface area contributed by atoms with Crippen molar-refractivity contribution in [3.8, 4) is 5.75 Å². The van der Waals surface area contributed by atoms with Crippen molar-refractivity contribution in [2.75, 3.05) is 7.11 Å². The summed E-state index contributed by atoms with van der Waals surface area (Å²) in [6, 6.07) is 6.86. The first-order chi connectivity index (χ1) is 10.2. The third kappa shape index (κ3) is 3.66. The molecule has 1 aliphatic carbocycles. The van der Waals surface area contributed by atoms with Crippen molar-refractivity contribution >= 4 is 15.9 Å². The molecule has 0 aliphatic heterocycles. The number of methoxy groups -OCH3 is 1. The second kappa shape index (κ2) is 6.20. The van der Waals surface area contributed by atoms with Crippen LogP contribution in [0.4, 0.5) is 0 Å². The third-order valence-electron chi connectivity index (χ3n) is 3.77. The van der Waals surface area contributed by atoms with Crippen LogP contribution in [0.3, 0.4) is 0 Å². The number of hydrogen-bond donors (Lipinski definition) is 1. The van der Waals surface area contributed by atoms with E-state index in [1.54, 1.807) is 7.11 Å². The van der Waals surface area contributed by atoms with Crippen LogP contribution in [0.15, 0.2) is 28.9 Å². The summed E-state index contributed by atoms with van der Waals surface area (Å²) in [4.78, 5) is 0. The van der Waals surface area contributed by atoms with Gasteiger partial charge in [0.1, 0.15) is 5.75 Å². The summed E-state index contributed by atoms with van der Waals surface area (Å²) in [5, 5.41) is 8.14. The van der Waals surface area contributed by atoms with Gasteiger partial charge in [0, 0.05) is 24.3 Å². The number of aromatic nitrogens is 2. The van der Waals surface area contributed by atoms with Crippen molar-refractivity contribution in [3.05, 3.63) is 45.7 Å². The summed E-state index contributed by atoms with van der Waals surface area (Å²) in [5.41, 5.74) is 3.59. The maximum atomic E-state index is 5.26. The van der Waals surface area contributed by atoms with Crippen LogP contribution in [-0.4, -0.2) is 22.9 Å². The van der Waals surface area contributed by atoms with Gasteiger partial charge in [-0.2, -0.15) is 5.10 Å². The lowest BCUT2D eigenvalue weighted by Crippen LogP contribution is -2.15. The van der Waals surface area contributed by atoms with Gasteiger partial charge in [0.2, 0.25) is 0 Å². The second-order valence-electron chi connectivity index (χ2n) is 5.56. The van der Waals surface area contributed by atoms with Crippen LogP contribution >= 0.6 is 15.9 Å². The van der Waals surface area contributed by atoms with E-state index in [1.807, 2.05) is 10.7 Å². The van der Waals surface area contributed by atoms with Gasteiger partial charge in [-0.3, -0.25) is 4.68 Å². The lowest BCUT2D eigenvalue weighted by atomic mass is 10.2. The summed E-state index contributed by atoms with van der Waals surface area (Å²) in [6.07, 6.45) is 4.77. The van der Waals surface area contributed by atoms with Crippen molar-refractivity contribution in [3.63, 3.8) is 0 Å². The Bertz CT molecular complexity index is 634. The number of nitrogens with zero attached hydrogens (tertiary/aromatic N) is 2. The molecule has 1 aromatic heterocycles. The van der Waals surface area contributed by atoms with Gasteiger partial charge in [-0.15, -0.1) is 0 Å². The molecule has 0 radical (unpaired) electrons. The predicted octanol–water partition coefficient (Wildman–Crippen LogP) is 3.26. The topological polar surface area (TPSA) is 39.1 Å². The molecule has 1 saturated carbocycles. The fourth-order valence-corrected chi connectivity index (χ4v) is 2.94. The Morgan fingerprint density at radius 2 is 2.24 bits per heavy atom. The van der Waals surface area contributed by atoms with E-state index in [1.165, 1.54) is 24.0 Å². The third-order valence-corrected chi connectivity index (χ3v) is 4.39. The second-order valence-corrected chi connectivity index (χ2v) is 6.42. The van der Waals surface area contributed by atoms with Crippen LogP contribution in [0.1, 0.15) is 29.7 Å². The molecule has 0 amide bonds. The van der Waals surface area contributed by atoms with E-state index in [4.69, 9.17) is 4.74 Å². The minimum Gasteiger partial charge on any atom is -0.496 e. The van der Waals surface area contributed by atoms with Crippen LogP contribution < -0.4 is 10.1 Å². The Morgan fingerprint density at radius 3 is 2.90 bits per heavy atom. The molecule has 0 spiro atoms. The maximum absolute atomic E-state index is 5.26.